The largest absolute Gasteiger partial charge is 0.369 e. The molecule has 1 aromatic carbocycles. The van der Waals surface area contributed by atoms with Crippen LogP contribution in [0, 0.1) is 0 Å². The Morgan fingerprint density at radius 1 is 1.16 bits per heavy atom. The lowest BCUT2D eigenvalue weighted by Crippen LogP contribution is -2.05. The number of thiazole rings is 1. The molecule has 4 N–H and O–H groups in total. The van der Waals surface area contributed by atoms with Crippen molar-refractivity contribution in [1.29, 1.82) is 0 Å². The van der Waals surface area contributed by atoms with Crippen LogP contribution in [0.5, 0.6) is 0 Å². The van der Waals surface area contributed by atoms with Crippen molar-refractivity contribution >= 4 is 40.7 Å². The van der Waals surface area contributed by atoms with Gasteiger partial charge in [-0.1, -0.05) is 24.3 Å². The van der Waals surface area contributed by atoms with E-state index in [1.165, 1.54) is 29.4 Å². The van der Waals surface area contributed by atoms with Crippen LogP contribution >= 0.6 is 23.7 Å². The van der Waals surface area contributed by atoms with Gasteiger partial charge in [0.1, 0.15) is 0 Å². The van der Waals surface area contributed by atoms with Crippen molar-refractivity contribution in [2.75, 3.05) is 11.1 Å². The highest BCUT2D eigenvalue weighted by Gasteiger charge is 2.05. The number of nitrogens with zero attached hydrogens (tertiary/aromatic N) is 2. The van der Waals surface area contributed by atoms with Crippen LogP contribution in [-0.4, -0.2) is 20.9 Å². The molecule has 2 heterocycles. The molecule has 25 heavy (non-hydrogen) atoms. The number of hydrogen-bond donors (Lipinski definition) is 3. The number of carbonyl (C=O) groups excluding carboxylic acids is 1. The van der Waals surface area contributed by atoms with Crippen LogP contribution in [0.15, 0.2) is 35.8 Å². The number of nitrogens with two attached hydrogens (primary N) is 1. The van der Waals surface area contributed by atoms with Crippen molar-refractivity contribution in [2.45, 2.75) is 26.2 Å². The van der Waals surface area contributed by atoms with Gasteiger partial charge in [-0.25, -0.2) is 9.97 Å². The van der Waals surface area contributed by atoms with Crippen molar-refractivity contribution in [1.82, 2.24) is 15.0 Å². The minimum absolute atomic E-state index is 0. The Balaban J connectivity index is 0.00000225. The smallest absolute Gasteiger partial charge is 0.223 e. The van der Waals surface area contributed by atoms with Gasteiger partial charge in [0, 0.05) is 24.9 Å². The van der Waals surface area contributed by atoms with Crippen LogP contribution < -0.4 is 11.1 Å². The number of amides is 1. The number of halogens is 1. The fourth-order valence-corrected chi connectivity index (χ4v) is 3.19. The number of carbonyl (C=O) groups is 1. The first kappa shape index (κ1) is 19.0. The van der Waals surface area contributed by atoms with Gasteiger partial charge >= 0.3 is 0 Å². The molecule has 3 rings (SSSR count). The molecule has 3 aromatic rings. The van der Waals surface area contributed by atoms with Crippen molar-refractivity contribution in [3.8, 4) is 0 Å². The van der Waals surface area contributed by atoms with E-state index in [0.29, 0.717) is 11.1 Å². The lowest BCUT2D eigenvalue weighted by Gasteiger charge is -2.02. The summed E-state index contributed by atoms with van der Waals surface area (Å²) in [5, 5.41) is 5.35. The summed E-state index contributed by atoms with van der Waals surface area (Å²) in [6, 6.07) is 8.49. The van der Waals surface area contributed by atoms with E-state index in [4.69, 9.17) is 5.73 Å². The van der Waals surface area contributed by atoms with Crippen LogP contribution in [0.4, 0.5) is 11.1 Å². The van der Waals surface area contributed by atoms with Crippen molar-refractivity contribution in [3.63, 3.8) is 0 Å². The van der Waals surface area contributed by atoms with E-state index >= 15 is 0 Å². The van der Waals surface area contributed by atoms with E-state index in [-0.39, 0.29) is 18.3 Å². The zero-order valence-corrected chi connectivity index (χ0v) is 15.4. The summed E-state index contributed by atoms with van der Waals surface area (Å²) in [6.45, 7) is 1.49. The Labute approximate surface area is 156 Å². The second kappa shape index (κ2) is 8.64. The third-order valence-electron chi connectivity index (χ3n) is 3.56. The normalized spacial score (nSPS) is 10.3. The highest BCUT2D eigenvalue weighted by molar-refractivity contribution is 7.13. The SMILES string of the molecule is CC(=O)Nc1nc(CCc2ccc(Cc3c[nH]c(N)n3)cc2)cs1.Cl. The second-order valence-electron chi connectivity index (χ2n) is 5.60. The lowest BCUT2D eigenvalue weighted by atomic mass is 10.0. The molecule has 0 saturated carbocycles. The first-order chi connectivity index (χ1) is 11.6. The predicted octanol–water partition coefficient (Wildman–Crippen LogP) is 3.20. The number of aromatic nitrogens is 3. The van der Waals surface area contributed by atoms with E-state index in [1.807, 2.05) is 11.6 Å². The number of rotatable bonds is 6. The summed E-state index contributed by atoms with van der Waals surface area (Å²) < 4.78 is 0. The average Bonchev–Trinajstić information content (AvgIpc) is 3.15. The zero-order valence-electron chi connectivity index (χ0n) is 13.8. The number of anilines is 2. The number of H-pyrrole nitrogens is 1. The molecule has 0 atom stereocenters. The molecule has 8 heteroatoms. The first-order valence-electron chi connectivity index (χ1n) is 7.68. The van der Waals surface area contributed by atoms with Gasteiger partial charge < -0.3 is 16.0 Å². The molecule has 132 valence electrons. The number of aryl methyl sites for hydroxylation is 2. The van der Waals surface area contributed by atoms with Gasteiger partial charge in [0.05, 0.1) is 11.4 Å². The van der Waals surface area contributed by atoms with Crippen LogP contribution in [0.25, 0.3) is 0 Å². The standard InChI is InChI=1S/C17H19N5OS.ClH/c1-11(23)20-17-22-14(10-24-17)7-6-12-2-4-13(5-3-12)8-15-9-19-16(18)21-15;/h2-5,9-10H,6-8H2,1H3,(H3,18,19,21)(H,20,22,23);1H. The Bertz CT molecular complexity index is 828. The highest BCUT2D eigenvalue weighted by atomic mass is 35.5. The van der Waals surface area contributed by atoms with E-state index < -0.39 is 0 Å². The van der Waals surface area contributed by atoms with E-state index in [0.717, 1.165) is 30.7 Å². The number of nitrogen functional groups attached to an aromatic ring is 1. The Morgan fingerprint density at radius 2 is 1.88 bits per heavy atom. The van der Waals surface area contributed by atoms with Gasteiger partial charge in [0.25, 0.3) is 0 Å². The summed E-state index contributed by atoms with van der Waals surface area (Å²) >= 11 is 1.46. The minimum Gasteiger partial charge on any atom is -0.369 e. The monoisotopic (exact) mass is 377 g/mol. The van der Waals surface area contributed by atoms with Crippen molar-refractivity contribution < 1.29 is 4.79 Å². The quantitative estimate of drug-likeness (QED) is 0.614. The summed E-state index contributed by atoms with van der Waals surface area (Å²) in [4.78, 5) is 22.5. The van der Waals surface area contributed by atoms with E-state index in [1.54, 1.807) is 0 Å². The number of imidazole rings is 1. The predicted molar refractivity (Wildman–Crippen MR) is 103 cm³/mol. The van der Waals surface area contributed by atoms with Crippen LogP contribution in [0.1, 0.15) is 29.4 Å². The maximum Gasteiger partial charge on any atom is 0.223 e. The second-order valence-corrected chi connectivity index (χ2v) is 6.45. The Morgan fingerprint density at radius 3 is 2.52 bits per heavy atom. The summed E-state index contributed by atoms with van der Waals surface area (Å²) in [5.41, 5.74) is 9.98. The zero-order chi connectivity index (χ0) is 16.9. The molecule has 6 nitrogen and oxygen atoms in total. The average molecular weight is 378 g/mol. The molecule has 0 aliphatic rings. The Kier molecular flexibility index (Phi) is 6.55. The van der Waals surface area contributed by atoms with Crippen LogP contribution in [0.2, 0.25) is 0 Å². The number of hydrogen-bond acceptors (Lipinski definition) is 5. The number of nitrogens with one attached hydrogen (secondary N) is 2. The maximum atomic E-state index is 11.0. The third-order valence-corrected chi connectivity index (χ3v) is 4.37. The molecular formula is C17H20ClN5OS. The van der Waals surface area contributed by atoms with Gasteiger partial charge in [0.15, 0.2) is 11.1 Å². The fraction of sp³-hybridized carbons (Fsp3) is 0.235. The van der Waals surface area contributed by atoms with E-state index in [2.05, 4.69) is 44.5 Å². The maximum absolute atomic E-state index is 11.0. The van der Waals surface area contributed by atoms with Gasteiger partial charge in [0.2, 0.25) is 5.91 Å². The summed E-state index contributed by atoms with van der Waals surface area (Å²) in [6.07, 6.45) is 4.36. The topological polar surface area (TPSA) is 96.7 Å². The highest BCUT2D eigenvalue weighted by Crippen LogP contribution is 2.17. The Hall–Kier alpha value is -2.38. The third kappa shape index (κ3) is 5.58. The van der Waals surface area contributed by atoms with Crippen LogP contribution in [-0.2, 0) is 24.1 Å². The number of benzene rings is 1. The van der Waals surface area contributed by atoms with Crippen molar-refractivity contribution in [2.24, 2.45) is 0 Å². The molecule has 0 radical (unpaired) electrons. The van der Waals surface area contributed by atoms with Crippen molar-refractivity contribution in [3.05, 3.63) is 58.4 Å². The van der Waals surface area contributed by atoms with Crippen LogP contribution in [0.3, 0.4) is 0 Å². The number of aromatic amines is 1. The summed E-state index contributed by atoms with van der Waals surface area (Å²) in [5.74, 6) is 0.355. The molecule has 0 unspecified atom stereocenters. The van der Waals surface area contributed by atoms with Gasteiger partial charge in [-0.05, 0) is 24.0 Å². The van der Waals surface area contributed by atoms with Gasteiger partial charge in [-0.2, -0.15) is 0 Å². The minimum atomic E-state index is -0.0924. The molecule has 2 aromatic heterocycles. The van der Waals surface area contributed by atoms with E-state index in [9.17, 15) is 4.79 Å². The first-order valence-corrected chi connectivity index (χ1v) is 8.56. The molecular weight excluding hydrogens is 358 g/mol. The summed E-state index contributed by atoms with van der Waals surface area (Å²) in [7, 11) is 0. The lowest BCUT2D eigenvalue weighted by molar-refractivity contribution is -0.114. The molecule has 0 bridgehead atoms. The molecule has 0 aliphatic heterocycles. The fourth-order valence-electron chi connectivity index (χ4n) is 2.40. The molecule has 0 saturated heterocycles. The molecule has 0 spiro atoms. The molecule has 0 aliphatic carbocycles. The van der Waals surface area contributed by atoms with Gasteiger partial charge in [-0.3, -0.25) is 4.79 Å². The van der Waals surface area contributed by atoms with Gasteiger partial charge in [-0.15, -0.1) is 23.7 Å². The molecule has 1 amide bonds. The molecule has 0 fully saturated rings.